The van der Waals surface area contributed by atoms with E-state index in [4.69, 9.17) is 5.11 Å². The van der Waals surface area contributed by atoms with E-state index in [9.17, 15) is 18.0 Å². The molecule has 0 unspecified atom stereocenters. The fraction of sp³-hybridized carbons (Fsp3) is 0.400. The van der Waals surface area contributed by atoms with E-state index in [1.165, 1.54) is 18.2 Å². The lowest BCUT2D eigenvalue weighted by Crippen LogP contribution is -2.30. The van der Waals surface area contributed by atoms with E-state index in [2.05, 4.69) is 11.9 Å². The lowest BCUT2D eigenvalue weighted by molar-refractivity contribution is -0.137. The largest absolute Gasteiger partial charge is 0.418 e. The van der Waals surface area contributed by atoms with Gasteiger partial charge in [0.2, 0.25) is 5.91 Å². The van der Waals surface area contributed by atoms with Crippen LogP contribution in [0.2, 0.25) is 0 Å². The van der Waals surface area contributed by atoms with Crippen LogP contribution in [-0.4, -0.2) is 42.2 Å². The van der Waals surface area contributed by atoms with Crippen LogP contribution >= 0.6 is 0 Å². The van der Waals surface area contributed by atoms with Crippen molar-refractivity contribution in [3.8, 4) is 0 Å². The second kappa shape index (κ2) is 8.55. The topological polar surface area (TPSA) is 52.6 Å². The second-order valence-electron chi connectivity index (χ2n) is 4.65. The molecule has 0 atom stereocenters. The molecule has 1 aromatic rings. The predicted octanol–water partition coefficient (Wildman–Crippen LogP) is 2.51. The molecule has 0 spiro atoms. The highest BCUT2D eigenvalue weighted by Crippen LogP contribution is 2.34. The molecular formula is C15H19F3N2O2. The number of hydrogen-bond donors (Lipinski definition) is 2. The van der Waals surface area contributed by atoms with Crippen LogP contribution in [0.5, 0.6) is 0 Å². The van der Waals surface area contributed by atoms with Crippen LogP contribution in [0.4, 0.5) is 18.9 Å². The average Bonchev–Trinajstić information content (AvgIpc) is 2.45. The number of amides is 1. The Morgan fingerprint density at radius 3 is 2.59 bits per heavy atom. The van der Waals surface area contributed by atoms with Crippen molar-refractivity contribution in [2.45, 2.75) is 12.6 Å². The molecule has 4 nitrogen and oxygen atoms in total. The molecule has 7 heteroatoms. The summed E-state index contributed by atoms with van der Waals surface area (Å²) in [4.78, 5) is 13.6. The SMILES string of the molecule is C=CCN(CCO)CCC(=O)Nc1ccccc1C(F)(F)F. The highest BCUT2D eigenvalue weighted by molar-refractivity contribution is 5.91. The van der Waals surface area contributed by atoms with Crippen LogP contribution in [0, 0.1) is 0 Å². The van der Waals surface area contributed by atoms with Gasteiger partial charge in [-0.3, -0.25) is 9.69 Å². The highest BCUT2D eigenvalue weighted by atomic mass is 19.4. The first-order valence-corrected chi connectivity index (χ1v) is 6.78. The van der Waals surface area contributed by atoms with Crippen molar-refractivity contribution in [3.05, 3.63) is 42.5 Å². The van der Waals surface area contributed by atoms with Gasteiger partial charge in [-0.2, -0.15) is 13.2 Å². The zero-order chi connectivity index (χ0) is 16.6. The molecule has 122 valence electrons. The molecule has 0 aromatic heterocycles. The molecule has 0 aliphatic rings. The number of carbonyl (C=O) groups excluding carboxylic acids is 1. The minimum Gasteiger partial charge on any atom is -0.395 e. The number of halogens is 3. The number of hydrogen-bond acceptors (Lipinski definition) is 3. The number of alkyl halides is 3. The van der Waals surface area contributed by atoms with Crippen LogP contribution in [0.15, 0.2) is 36.9 Å². The van der Waals surface area contributed by atoms with Crippen LogP contribution in [0.3, 0.4) is 0 Å². The van der Waals surface area contributed by atoms with Crippen LogP contribution in [0.25, 0.3) is 0 Å². The lowest BCUT2D eigenvalue weighted by Gasteiger charge is -2.19. The second-order valence-corrected chi connectivity index (χ2v) is 4.65. The summed E-state index contributed by atoms with van der Waals surface area (Å²) < 4.78 is 38.4. The smallest absolute Gasteiger partial charge is 0.395 e. The van der Waals surface area contributed by atoms with Crippen molar-refractivity contribution in [1.29, 1.82) is 0 Å². The van der Waals surface area contributed by atoms with E-state index in [-0.39, 0.29) is 18.7 Å². The first kappa shape index (κ1) is 18.2. The Bertz CT molecular complexity index is 504. The first-order valence-electron chi connectivity index (χ1n) is 6.78. The van der Waals surface area contributed by atoms with Gasteiger partial charge in [-0.05, 0) is 12.1 Å². The number of aliphatic hydroxyl groups is 1. The third kappa shape index (κ3) is 5.87. The monoisotopic (exact) mass is 316 g/mol. The van der Waals surface area contributed by atoms with Crippen molar-refractivity contribution >= 4 is 11.6 Å². The van der Waals surface area contributed by atoms with Crippen LogP contribution in [-0.2, 0) is 11.0 Å². The molecule has 0 heterocycles. The maximum Gasteiger partial charge on any atom is 0.418 e. The van der Waals surface area contributed by atoms with Gasteiger partial charge in [-0.15, -0.1) is 6.58 Å². The van der Waals surface area contributed by atoms with Crippen molar-refractivity contribution in [2.75, 3.05) is 31.6 Å². The molecule has 2 N–H and O–H groups in total. The van der Waals surface area contributed by atoms with Crippen molar-refractivity contribution in [2.24, 2.45) is 0 Å². The number of nitrogens with one attached hydrogen (secondary N) is 1. The number of para-hydroxylation sites is 1. The first-order chi connectivity index (χ1) is 10.4. The fourth-order valence-electron chi connectivity index (χ4n) is 1.93. The molecule has 0 saturated carbocycles. The van der Waals surface area contributed by atoms with Crippen molar-refractivity contribution < 1.29 is 23.1 Å². The van der Waals surface area contributed by atoms with Gasteiger partial charge in [-0.1, -0.05) is 18.2 Å². The van der Waals surface area contributed by atoms with Gasteiger partial charge in [0.1, 0.15) is 0 Å². The molecular weight excluding hydrogens is 297 g/mol. The molecule has 1 aromatic carbocycles. The third-order valence-electron chi connectivity index (χ3n) is 2.97. The van der Waals surface area contributed by atoms with Crippen molar-refractivity contribution in [3.63, 3.8) is 0 Å². The van der Waals surface area contributed by atoms with E-state index < -0.39 is 17.6 Å². The van der Waals surface area contributed by atoms with E-state index in [0.717, 1.165) is 6.07 Å². The molecule has 0 aliphatic heterocycles. The number of rotatable bonds is 8. The normalized spacial score (nSPS) is 11.5. The number of nitrogens with zero attached hydrogens (tertiary/aromatic N) is 1. The maximum absolute atomic E-state index is 12.8. The van der Waals surface area contributed by atoms with Crippen molar-refractivity contribution in [1.82, 2.24) is 4.90 Å². The summed E-state index contributed by atoms with van der Waals surface area (Å²) in [7, 11) is 0. The van der Waals surface area contributed by atoms with E-state index in [1.54, 1.807) is 11.0 Å². The summed E-state index contributed by atoms with van der Waals surface area (Å²) >= 11 is 0. The Morgan fingerprint density at radius 1 is 1.32 bits per heavy atom. The molecule has 0 saturated heterocycles. The summed E-state index contributed by atoms with van der Waals surface area (Å²) in [6.45, 7) is 4.70. The van der Waals surface area contributed by atoms with Gasteiger partial charge >= 0.3 is 6.18 Å². The van der Waals surface area contributed by atoms with Gasteiger partial charge in [-0.25, -0.2) is 0 Å². The predicted molar refractivity (Wildman–Crippen MR) is 78.4 cm³/mol. The van der Waals surface area contributed by atoms with Gasteiger partial charge in [0.15, 0.2) is 0 Å². The molecule has 22 heavy (non-hydrogen) atoms. The standard InChI is InChI=1S/C15H19F3N2O2/c1-2-8-20(10-11-21)9-7-14(22)19-13-6-4-3-5-12(13)15(16,17)18/h2-6,21H,1,7-11H2,(H,19,22). The summed E-state index contributed by atoms with van der Waals surface area (Å²) in [5.74, 6) is -0.510. The summed E-state index contributed by atoms with van der Waals surface area (Å²) in [6.07, 6.45) is -2.86. The molecule has 0 fully saturated rings. The van der Waals surface area contributed by atoms with E-state index in [1.807, 2.05) is 0 Å². The molecule has 1 rings (SSSR count). The summed E-state index contributed by atoms with van der Waals surface area (Å²) in [6, 6.07) is 4.84. The van der Waals surface area contributed by atoms with E-state index >= 15 is 0 Å². The number of benzene rings is 1. The van der Waals surface area contributed by atoms with Gasteiger partial charge in [0, 0.05) is 26.1 Å². The van der Waals surface area contributed by atoms with Crippen LogP contribution < -0.4 is 5.32 Å². The van der Waals surface area contributed by atoms with E-state index in [0.29, 0.717) is 19.6 Å². The maximum atomic E-state index is 12.8. The summed E-state index contributed by atoms with van der Waals surface area (Å²) in [5, 5.41) is 11.2. The molecule has 1 amide bonds. The quantitative estimate of drug-likeness (QED) is 0.725. The molecule has 0 aliphatic carbocycles. The number of aliphatic hydroxyl groups excluding tert-OH is 1. The molecule has 0 radical (unpaired) electrons. The number of carbonyl (C=O) groups is 1. The Labute approximate surface area is 127 Å². The molecule has 0 bridgehead atoms. The minimum atomic E-state index is -4.52. The van der Waals surface area contributed by atoms with Gasteiger partial charge in [0.25, 0.3) is 0 Å². The third-order valence-corrected chi connectivity index (χ3v) is 2.97. The summed E-state index contributed by atoms with van der Waals surface area (Å²) in [5.41, 5.74) is -1.13. The average molecular weight is 316 g/mol. The lowest BCUT2D eigenvalue weighted by atomic mass is 10.1. The zero-order valence-electron chi connectivity index (χ0n) is 12.1. The number of anilines is 1. The Hall–Kier alpha value is -1.86. The highest BCUT2D eigenvalue weighted by Gasteiger charge is 2.33. The minimum absolute atomic E-state index is 0.0278. The Kier molecular flexibility index (Phi) is 7.07. The Morgan fingerprint density at radius 2 is 2.00 bits per heavy atom. The van der Waals surface area contributed by atoms with Gasteiger partial charge in [0.05, 0.1) is 17.9 Å². The zero-order valence-corrected chi connectivity index (χ0v) is 12.1. The van der Waals surface area contributed by atoms with Crippen LogP contribution in [0.1, 0.15) is 12.0 Å². The van der Waals surface area contributed by atoms with Gasteiger partial charge < -0.3 is 10.4 Å². The fourth-order valence-corrected chi connectivity index (χ4v) is 1.93. The Balaban J connectivity index is 2.64.